The van der Waals surface area contributed by atoms with Gasteiger partial charge in [0, 0.05) is 43.8 Å². The first-order valence-corrected chi connectivity index (χ1v) is 14.5. The number of pyridine rings is 1. The fourth-order valence-electron chi connectivity index (χ4n) is 6.37. The molecule has 2 aliphatic rings. The van der Waals surface area contributed by atoms with Crippen LogP contribution in [0, 0.1) is 13.8 Å². The molecule has 1 aliphatic heterocycles. The summed E-state index contributed by atoms with van der Waals surface area (Å²) in [5, 5.41) is 14.2. The molecule has 0 spiro atoms. The number of aromatic amines is 1. The minimum absolute atomic E-state index is 0.0715. The predicted molar refractivity (Wildman–Crippen MR) is 156 cm³/mol. The minimum atomic E-state index is -0.314. The zero-order valence-corrected chi connectivity index (χ0v) is 23.8. The maximum absolute atomic E-state index is 13.7. The van der Waals surface area contributed by atoms with E-state index in [0.717, 1.165) is 68.0 Å². The number of ether oxygens (including phenoxy) is 1. The Morgan fingerprint density at radius 2 is 1.77 bits per heavy atom. The third kappa shape index (κ3) is 5.40. The van der Waals surface area contributed by atoms with Gasteiger partial charge in [-0.1, -0.05) is 31.4 Å². The van der Waals surface area contributed by atoms with Crippen molar-refractivity contribution in [2.75, 3.05) is 33.3 Å². The third-order valence-electron chi connectivity index (χ3n) is 8.78. The van der Waals surface area contributed by atoms with Crippen LogP contribution < -0.4 is 10.3 Å². The molecule has 0 radical (unpaired) electrons. The van der Waals surface area contributed by atoms with Crippen molar-refractivity contribution in [2.45, 2.75) is 64.6 Å². The molecule has 3 heterocycles. The van der Waals surface area contributed by atoms with Gasteiger partial charge in [0.15, 0.2) is 5.82 Å². The van der Waals surface area contributed by atoms with Gasteiger partial charge in [0.2, 0.25) is 0 Å². The van der Waals surface area contributed by atoms with E-state index in [1.54, 1.807) is 7.11 Å². The number of hydrogen-bond donors (Lipinski definition) is 1. The fourth-order valence-corrected chi connectivity index (χ4v) is 6.37. The Hall–Kier alpha value is -3.56. The van der Waals surface area contributed by atoms with Gasteiger partial charge in [-0.3, -0.25) is 14.6 Å². The molecule has 2 aromatic carbocycles. The molecule has 1 aliphatic carbocycles. The highest BCUT2D eigenvalue weighted by atomic mass is 16.5. The summed E-state index contributed by atoms with van der Waals surface area (Å²) in [4.78, 5) is 21.7. The number of nitrogens with zero attached hydrogens (tertiary/aromatic N) is 6. The molecule has 0 bridgehead atoms. The number of benzene rings is 2. The summed E-state index contributed by atoms with van der Waals surface area (Å²) in [5.74, 6) is 1.66. The lowest BCUT2D eigenvalue weighted by molar-refractivity contribution is 0.0982. The van der Waals surface area contributed by atoms with Crippen molar-refractivity contribution in [1.82, 2.24) is 35.0 Å². The SMILES string of the molecule is COc1cccc(CN2CCN([C@H](c3cc4cc(C)c(C)cc4[nH]c3=O)c3nnnn3C3CCCCC3)CC2)c1. The van der Waals surface area contributed by atoms with Gasteiger partial charge >= 0.3 is 0 Å². The lowest BCUT2D eigenvalue weighted by Gasteiger charge is -2.39. The monoisotopic (exact) mass is 541 g/mol. The predicted octanol–water partition coefficient (Wildman–Crippen LogP) is 4.55. The van der Waals surface area contributed by atoms with E-state index in [4.69, 9.17) is 4.74 Å². The summed E-state index contributed by atoms with van der Waals surface area (Å²) < 4.78 is 7.44. The molecule has 9 heteroatoms. The van der Waals surface area contributed by atoms with Crippen LogP contribution in [-0.4, -0.2) is 68.3 Å². The first-order chi connectivity index (χ1) is 19.5. The fraction of sp³-hybridized carbons (Fsp3) is 0.484. The highest BCUT2D eigenvalue weighted by molar-refractivity contribution is 5.81. The number of aryl methyl sites for hydroxylation is 2. The van der Waals surface area contributed by atoms with E-state index in [-0.39, 0.29) is 17.6 Å². The van der Waals surface area contributed by atoms with Crippen LogP contribution in [-0.2, 0) is 6.54 Å². The summed E-state index contributed by atoms with van der Waals surface area (Å²) in [6.45, 7) is 8.47. The summed E-state index contributed by atoms with van der Waals surface area (Å²) in [6, 6.07) is 14.5. The number of fused-ring (bicyclic) bond motifs is 1. The number of nitrogens with one attached hydrogen (secondary N) is 1. The topological polar surface area (TPSA) is 92.2 Å². The van der Waals surface area contributed by atoms with Gasteiger partial charge in [-0.05, 0) is 89.5 Å². The molecular weight excluding hydrogens is 502 g/mol. The van der Waals surface area contributed by atoms with E-state index in [0.29, 0.717) is 5.56 Å². The molecular formula is C31H39N7O2. The van der Waals surface area contributed by atoms with Crippen LogP contribution in [0.25, 0.3) is 10.9 Å². The summed E-state index contributed by atoms with van der Waals surface area (Å²) in [6.07, 6.45) is 5.78. The van der Waals surface area contributed by atoms with Gasteiger partial charge in [0.1, 0.15) is 11.8 Å². The smallest absolute Gasteiger partial charge is 0.253 e. The lowest BCUT2D eigenvalue weighted by atomic mass is 9.95. The maximum atomic E-state index is 13.7. The van der Waals surface area contributed by atoms with Gasteiger partial charge in [-0.15, -0.1) is 5.10 Å². The van der Waals surface area contributed by atoms with Gasteiger partial charge in [0.05, 0.1) is 13.2 Å². The minimum Gasteiger partial charge on any atom is -0.497 e. The molecule has 2 fully saturated rings. The molecule has 1 saturated heterocycles. The highest BCUT2D eigenvalue weighted by Crippen LogP contribution is 2.33. The second-order valence-corrected chi connectivity index (χ2v) is 11.4. The number of methoxy groups -OCH3 is 1. The van der Waals surface area contributed by atoms with E-state index in [9.17, 15) is 4.79 Å². The first kappa shape index (κ1) is 26.7. The number of tetrazole rings is 1. The van der Waals surface area contributed by atoms with E-state index in [1.807, 2.05) is 16.8 Å². The Bertz CT molecular complexity index is 1530. The Labute approximate surface area is 235 Å². The van der Waals surface area contributed by atoms with Crippen molar-refractivity contribution >= 4 is 10.9 Å². The highest BCUT2D eigenvalue weighted by Gasteiger charge is 2.34. The molecule has 1 atom stereocenters. The van der Waals surface area contributed by atoms with E-state index in [2.05, 4.69) is 74.5 Å². The average Bonchev–Trinajstić information content (AvgIpc) is 3.45. The average molecular weight is 542 g/mol. The summed E-state index contributed by atoms with van der Waals surface area (Å²) >= 11 is 0. The van der Waals surface area contributed by atoms with E-state index < -0.39 is 0 Å². The molecule has 40 heavy (non-hydrogen) atoms. The largest absolute Gasteiger partial charge is 0.497 e. The second kappa shape index (κ2) is 11.5. The van der Waals surface area contributed by atoms with Crippen LogP contribution in [0.4, 0.5) is 0 Å². The molecule has 210 valence electrons. The Kier molecular flexibility index (Phi) is 7.67. The van der Waals surface area contributed by atoms with Crippen molar-refractivity contribution < 1.29 is 4.74 Å². The van der Waals surface area contributed by atoms with E-state index in [1.165, 1.54) is 36.0 Å². The van der Waals surface area contributed by atoms with Crippen LogP contribution in [0.1, 0.15) is 72.3 Å². The molecule has 1 N–H and O–H groups in total. The second-order valence-electron chi connectivity index (χ2n) is 11.4. The van der Waals surface area contributed by atoms with Crippen LogP contribution >= 0.6 is 0 Å². The molecule has 4 aromatic rings. The van der Waals surface area contributed by atoms with Crippen LogP contribution in [0.15, 0.2) is 47.3 Å². The van der Waals surface area contributed by atoms with Crippen LogP contribution in [0.3, 0.4) is 0 Å². The lowest BCUT2D eigenvalue weighted by Crippen LogP contribution is -2.48. The Balaban J connectivity index is 1.33. The molecule has 2 aromatic heterocycles. The molecule has 1 saturated carbocycles. The van der Waals surface area contributed by atoms with Crippen molar-refractivity contribution in [3.8, 4) is 5.75 Å². The Morgan fingerprint density at radius 1 is 1.00 bits per heavy atom. The zero-order valence-electron chi connectivity index (χ0n) is 23.8. The number of H-pyrrole nitrogens is 1. The van der Waals surface area contributed by atoms with Crippen molar-refractivity contribution in [3.05, 3.63) is 80.9 Å². The third-order valence-corrected chi connectivity index (χ3v) is 8.78. The first-order valence-electron chi connectivity index (χ1n) is 14.5. The number of piperazine rings is 1. The standard InChI is InChI=1S/C31H39N7O2/c1-21-16-24-19-27(31(39)32-28(24)17-22(21)2)29(30-33-34-35-38(30)25-9-5-4-6-10-25)37-14-12-36(13-15-37)20-23-8-7-11-26(18-23)40-3/h7-8,11,16-19,25,29H,4-6,9-10,12-15,20H2,1-3H3,(H,32,39)/t29-/m1/s1. The van der Waals surface area contributed by atoms with Gasteiger partial charge < -0.3 is 9.72 Å². The zero-order chi connectivity index (χ0) is 27.6. The quantitative estimate of drug-likeness (QED) is 0.367. The molecule has 6 rings (SSSR count). The van der Waals surface area contributed by atoms with Gasteiger partial charge in [-0.2, -0.15) is 0 Å². The number of rotatable bonds is 7. The van der Waals surface area contributed by atoms with E-state index >= 15 is 0 Å². The van der Waals surface area contributed by atoms with Crippen molar-refractivity contribution in [3.63, 3.8) is 0 Å². The van der Waals surface area contributed by atoms with Gasteiger partial charge in [0.25, 0.3) is 5.56 Å². The number of aromatic nitrogens is 5. The summed E-state index contributed by atoms with van der Waals surface area (Å²) in [5.41, 5.74) is 5.12. The maximum Gasteiger partial charge on any atom is 0.253 e. The van der Waals surface area contributed by atoms with Crippen LogP contribution in [0.5, 0.6) is 5.75 Å². The van der Waals surface area contributed by atoms with Crippen LogP contribution in [0.2, 0.25) is 0 Å². The molecule has 0 unspecified atom stereocenters. The Morgan fingerprint density at radius 3 is 2.55 bits per heavy atom. The number of hydrogen-bond acceptors (Lipinski definition) is 7. The molecule has 0 amide bonds. The van der Waals surface area contributed by atoms with Gasteiger partial charge in [-0.25, -0.2) is 4.68 Å². The normalized spacial score (nSPS) is 18.3. The van der Waals surface area contributed by atoms with Crippen molar-refractivity contribution in [1.29, 1.82) is 0 Å². The van der Waals surface area contributed by atoms with Crippen molar-refractivity contribution in [2.24, 2.45) is 0 Å². The summed E-state index contributed by atoms with van der Waals surface area (Å²) in [7, 11) is 1.70. The molecule has 9 nitrogen and oxygen atoms in total.